The molecule has 218 valence electrons. The molecule has 2 aromatic carbocycles. The molecule has 39 heavy (non-hydrogen) atoms. The molecule has 10 heteroatoms. The largest absolute Gasteiger partial charge is 0.496 e. The van der Waals surface area contributed by atoms with Crippen molar-refractivity contribution in [2.45, 2.75) is 26.7 Å². The summed E-state index contributed by atoms with van der Waals surface area (Å²) in [6.07, 6.45) is 1.53. The van der Waals surface area contributed by atoms with E-state index in [1.165, 1.54) is 7.05 Å². The van der Waals surface area contributed by atoms with Crippen LogP contribution in [0.3, 0.4) is 0 Å². The molecule has 0 aliphatic heterocycles. The van der Waals surface area contributed by atoms with Crippen LogP contribution in [-0.2, 0) is 20.8 Å². The van der Waals surface area contributed by atoms with Crippen molar-refractivity contribution in [3.8, 4) is 5.75 Å². The molecule has 0 unspecified atom stereocenters. The van der Waals surface area contributed by atoms with Gasteiger partial charge in [-0.1, -0.05) is 43.6 Å². The topological polar surface area (TPSA) is 126 Å². The number of halogens is 1. The highest BCUT2D eigenvalue weighted by Gasteiger charge is 2.25. The van der Waals surface area contributed by atoms with E-state index >= 15 is 0 Å². The number of ether oxygens (including phenoxy) is 1. The number of para-hydroxylation sites is 1. The van der Waals surface area contributed by atoms with E-state index in [9.17, 15) is 9.59 Å². The highest BCUT2D eigenvalue weighted by Crippen LogP contribution is 2.32. The average Bonchev–Trinajstić information content (AvgIpc) is 2.93. The van der Waals surface area contributed by atoms with Gasteiger partial charge in [-0.3, -0.25) is 9.59 Å². The van der Waals surface area contributed by atoms with Crippen molar-refractivity contribution in [1.29, 1.82) is 0 Å². The smallest absolute Gasteiger partial charge is 0.225 e. The first-order valence-electron chi connectivity index (χ1n) is 12.3. The Morgan fingerprint density at radius 2 is 1.69 bits per heavy atom. The van der Waals surface area contributed by atoms with Crippen LogP contribution < -0.4 is 26.4 Å². The fraction of sp³-hybridized carbons (Fsp3) is 0.414. The zero-order chi connectivity index (χ0) is 30.4. The number of amides is 1. The van der Waals surface area contributed by atoms with E-state index in [2.05, 4.69) is 21.7 Å². The Labute approximate surface area is 239 Å². The van der Waals surface area contributed by atoms with Gasteiger partial charge >= 0.3 is 0 Å². The zero-order valence-corrected chi connectivity index (χ0v) is 25.3. The predicted molar refractivity (Wildman–Crippen MR) is 162 cm³/mol. The summed E-state index contributed by atoms with van der Waals surface area (Å²) < 4.78 is 5.39. The number of carbonyl (C=O) groups excluding carboxylic acids is 3. The lowest BCUT2D eigenvalue weighted by molar-refractivity contribution is -0.123. The summed E-state index contributed by atoms with van der Waals surface area (Å²) >= 11 is 6.10. The lowest BCUT2D eigenvalue weighted by Crippen LogP contribution is -2.34. The van der Waals surface area contributed by atoms with Gasteiger partial charge in [0.15, 0.2) is 6.29 Å². The normalized spacial score (nSPS) is 10.6. The van der Waals surface area contributed by atoms with Gasteiger partial charge in [0.25, 0.3) is 0 Å². The van der Waals surface area contributed by atoms with E-state index in [0.29, 0.717) is 30.0 Å². The third-order valence-corrected chi connectivity index (χ3v) is 5.34. The molecule has 0 aliphatic carbocycles. The maximum Gasteiger partial charge on any atom is 0.225 e. The number of rotatable bonds is 11. The third-order valence-electron chi connectivity index (χ3n) is 5.11. The SMILES string of the molecule is C=O.CN.CN/C(CN(C)C)=C(\C=O)NC(=O)CC(C)(C)Cc1cc(Cl)ccc1OC.CNc1ccccc1. The van der Waals surface area contributed by atoms with Crippen molar-refractivity contribution < 1.29 is 19.1 Å². The quantitative estimate of drug-likeness (QED) is 0.241. The molecule has 2 aromatic rings. The standard InChI is InChI=1S/C20H30ClN3O3.C7H9N.CH5N.CH2O/c1-20(2,10-14-9-15(21)7-8-18(14)27-6)11-19(26)23-17(13-25)16(22-3)12-24(4)5;1-8-7-5-3-2-4-6-7;2*1-2/h7-9,13,22H,10-12H2,1-6H3,(H,23,26);2-6,8H,1H3;2H2,1H3;1H2/b17-16+;;;. The van der Waals surface area contributed by atoms with E-state index in [0.717, 1.165) is 17.0 Å². The average molecular weight is 564 g/mol. The summed E-state index contributed by atoms with van der Waals surface area (Å²) in [7, 11) is 10.5. The number of aldehydes is 1. The molecule has 0 aromatic heterocycles. The first kappa shape index (κ1) is 37.8. The van der Waals surface area contributed by atoms with Gasteiger partial charge in [0.1, 0.15) is 18.2 Å². The van der Waals surface area contributed by atoms with Gasteiger partial charge in [0.2, 0.25) is 5.91 Å². The van der Waals surface area contributed by atoms with Crippen LogP contribution in [0, 0.1) is 5.41 Å². The van der Waals surface area contributed by atoms with Crippen LogP contribution in [0.25, 0.3) is 0 Å². The van der Waals surface area contributed by atoms with Gasteiger partial charge in [-0.25, -0.2) is 0 Å². The molecule has 0 spiro atoms. The Hall–Kier alpha value is -3.40. The molecule has 0 atom stereocenters. The number of likely N-dealkylation sites (N-methyl/N-ethyl adjacent to an activating group) is 2. The van der Waals surface area contributed by atoms with Crippen molar-refractivity contribution in [2.24, 2.45) is 11.1 Å². The Morgan fingerprint density at radius 1 is 1.10 bits per heavy atom. The number of nitrogens with one attached hydrogen (secondary N) is 3. The van der Waals surface area contributed by atoms with E-state index < -0.39 is 0 Å². The highest BCUT2D eigenvalue weighted by molar-refractivity contribution is 6.30. The van der Waals surface area contributed by atoms with Gasteiger partial charge in [-0.2, -0.15) is 0 Å². The molecule has 0 bridgehead atoms. The number of methoxy groups -OCH3 is 1. The minimum absolute atomic E-state index is 0.213. The molecule has 0 saturated heterocycles. The minimum Gasteiger partial charge on any atom is -0.496 e. The second-order valence-corrected chi connectivity index (χ2v) is 9.57. The number of hydrogen-bond donors (Lipinski definition) is 4. The second kappa shape index (κ2) is 21.5. The zero-order valence-electron chi connectivity index (χ0n) is 24.6. The number of nitrogens with two attached hydrogens (primary N) is 1. The molecular formula is C29H46ClN5O4. The molecule has 2 rings (SSSR count). The summed E-state index contributed by atoms with van der Waals surface area (Å²) in [6.45, 7) is 6.51. The van der Waals surface area contributed by atoms with Gasteiger partial charge < -0.3 is 36.1 Å². The van der Waals surface area contributed by atoms with Crippen LogP contribution in [0.15, 0.2) is 59.9 Å². The first-order chi connectivity index (χ1) is 18.5. The van der Waals surface area contributed by atoms with Crippen LogP contribution in [0.5, 0.6) is 5.75 Å². The van der Waals surface area contributed by atoms with Crippen molar-refractivity contribution in [1.82, 2.24) is 15.5 Å². The monoisotopic (exact) mass is 563 g/mol. The fourth-order valence-electron chi connectivity index (χ4n) is 3.49. The maximum atomic E-state index is 12.5. The van der Waals surface area contributed by atoms with E-state index in [1.54, 1.807) is 20.2 Å². The molecule has 9 nitrogen and oxygen atoms in total. The van der Waals surface area contributed by atoms with E-state index in [-0.39, 0.29) is 23.4 Å². The molecule has 0 fully saturated rings. The van der Waals surface area contributed by atoms with Crippen molar-refractivity contribution >= 4 is 36.3 Å². The third kappa shape index (κ3) is 16.2. The molecule has 5 N–H and O–H groups in total. The van der Waals surface area contributed by atoms with Crippen LogP contribution in [0.1, 0.15) is 25.8 Å². The van der Waals surface area contributed by atoms with Gasteiger partial charge in [-0.15, -0.1) is 0 Å². The van der Waals surface area contributed by atoms with Crippen LogP contribution >= 0.6 is 11.6 Å². The number of nitrogens with zero attached hydrogens (tertiary/aromatic N) is 1. The van der Waals surface area contributed by atoms with Crippen LogP contribution in [-0.4, -0.2) is 72.8 Å². The Morgan fingerprint density at radius 3 is 2.13 bits per heavy atom. The lowest BCUT2D eigenvalue weighted by Gasteiger charge is -2.25. The van der Waals surface area contributed by atoms with E-state index in [1.807, 2.05) is 89.1 Å². The van der Waals surface area contributed by atoms with Crippen molar-refractivity contribution in [3.63, 3.8) is 0 Å². The van der Waals surface area contributed by atoms with Gasteiger partial charge in [0.05, 0.1) is 12.8 Å². The van der Waals surface area contributed by atoms with Gasteiger partial charge in [0, 0.05) is 37.8 Å². The predicted octanol–water partition coefficient (Wildman–Crippen LogP) is 3.73. The van der Waals surface area contributed by atoms with Gasteiger partial charge in [-0.05, 0) is 68.9 Å². The molecule has 1 amide bonds. The molecule has 0 radical (unpaired) electrons. The Kier molecular flexibility index (Phi) is 20.8. The Balaban J connectivity index is 0. The summed E-state index contributed by atoms with van der Waals surface area (Å²) in [4.78, 5) is 33.9. The number of benzene rings is 2. The number of hydrogen-bond acceptors (Lipinski definition) is 8. The summed E-state index contributed by atoms with van der Waals surface area (Å²) in [5.74, 6) is 0.527. The highest BCUT2D eigenvalue weighted by atomic mass is 35.5. The fourth-order valence-corrected chi connectivity index (χ4v) is 3.68. The summed E-state index contributed by atoms with van der Waals surface area (Å²) in [5, 5.41) is 9.36. The minimum atomic E-state index is -0.350. The van der Waals surface area contributed by atoms with Crippen molar-refractivity contribution in [3.05, 3.63) is 70.5 Å². The lowest BCUT2D eigenvalue weighted by atomic mass is 9.82. The van der Waals surface area contributed by atoms with Crippen LogP contribution in [0.2, 0.25) is 5.02 Å². The number of carbonyl (C=O) groups is 3. The molecule has 0 saturated carbocycles. The maximum absolute atomic E-state index is 12.5. The molecule has 0 aliphatic rings. The Bertz CT molecular complexity index is 998. The van der Waals surface area contributed by atoms with E-state index in [4.69, 9.17) is 21.1 Å². The van der Waals surface area contributed by atoms with Crippen molar-refractivity contribution in [2.75, 3.05) is 54.2 Å². The summed E-state index contributed by atoms with van der Waals surface area (Å²) in [5.41, 5.74) is 7.17. The summed E-state index contributed by atoms with van der Waals surface area (Å²) in [6, 6.07) is 15.5. The second-order valence-electron chi connectivity index (χ2n) is 9.14. The number of anilines is 1. The first-order valence-corrected chi connectivity index (χ1v) is 12.7. The van der Waals surface area contributed by atoms with Crippen LogP contribution in [0.4, 0.5) is 5.69 Å². The molecular weight excluding hydrogens is 518 g/mol. The molecule has 0 heterocycles. The number of allylic oxidation sites excluding steroid dienone is 1.